The largest absolute Gasteiger partial charge is 0.497 e. The molecule has 0 atom stereocenters. The van der Waals surface area contributed by atoms with Crippen LogP contribution in [0.5, 0.6) is 11.5 Å². The van der Waals surface area contributed by atoms with Crippen LogP contribution in [0.1, 0.15) is 14.5 Å². The lowest BCUT2D eigenvalue weighted by Gasteiger charge is -2.05. The van der Waals surface area contributed by atoms with E-state index in [1.807, 2.05) is 24.3 Å². The number of thiophene rings is 1. The molecule has 0 bridgehead atoms. The molecular formula is C13H12O4S. The standard InChI is InChI=1S/C13H12O4S/c1-16-9-2-4-10(5-3-9)17-8-11-6-7-12(18-11)13(14)15/h2-7H,8H2,1H3,(H,14,15). The van der Waals surface area contributed by atoms with E-state index in [1.165, 1.54) is 11.3 Å². The van der Waals surface area contributed by atoms with E-state index < -0.39 is 5.97 Å². The summed E-state index contributed by atoms with van der Waals surface area (Å²) in [5, 5.41) is 8.80. The molecule has 0 aliphatic carbocycles. The first-order chi connectivity index (χ1) is 8.69. The van der Waals surface area contributed by atoms with Crippen LogP contribution in [0.2, 0.25) is 0 Å². The monoisotopic (exact) mass is 264 g/mol. The number of carbonyl (C=O) groups is 1. The van der Waals surface area contributed by atoms with Gasteiger partial charge in [-0.1, -0.05) is 0 Å². The SMILES string of the molecule is COc1ccc(OCc2ccc(C(=O)O)s2)cc1. The molecule has 18 heavy (non-hydrogen) atoms. The van der Waals surface area contributed by atoms with Gasteiger partial charge in [0, 0.05) is 4.88 Å². The highest BCUT2D eigenvalue weighted by atomic mass is 32.1. The maximum Gasteiger partial charge on any atom is 0.345 e. The zero-order valence-electron chi connectivity index (χ0n) is 9.75. The number of aromatic carboxylic acids is 1. The van der Waals surface area contributed by atoms with Gasteiger partial charge in [0.05, 0.1) is 7.11 Å². The maximum atomic E-state index is 10.7. The summed E-state index contributed by atoms with van der Waals surface area (Å²) < 4.78 is 10.6. The fourth-order valence-corrected chi connectivity index (χ4v) is 2.16. The highest BCUT2D eigenvalue weighted by molar-refractivity contribution is 7.13. The van der Waals surface area contributed by atoms with Gasteiger partial charge in [-0.15, -0.1) is 11.3 Å². The van der Waals surface area contributed by atoms with Crippen molar-refractivity contribution in [2.45, 2.75) is 6.61 Å². The molecule has 0 aliphatic rings. The average Bonchev–Trinajstić information content (AvgIpc) is 2.86. The van der Waals surface area contributed by atoms with Crippen LogP contribution in [0, 0.1) is 0 Å². The first-order valence-electron chi connectivity index (χ1n) is 5.28. The quantitative estimate of drug-likeness (QED) is 0.901. The summed E-state index contributed by atoms with van der Waals surface area (Å²) in [6.45, 7) is 0.365. The van der Waals surface area contributed by atoms with E-state index in [0.29, 0.717) is 11.5 Å². The number of rotatable bonds is 5. The molecule has 4 nitrogen and oxygen atoms in total. The molecule has 0 fully saturated rings. The van der Waals surface area contributed by atoms with Gasteiger partial charge in [0.25, 0.3) is 0 Å². The van der Waals surface area contributed by atoms with Gasteiger partial charge in [0.15, 0.2) is 0 Å². The number of carboxylic acids is 1. The topological polar surface area (TPSA) is 55.8 Å². The number of carboxylic acid groups (broad SMARTS) is 1. The lowest BCUT2D eigenvalue weighted by atomic mass is 10.3. The Labute approximate surface area is 108 Å². The van der Waals surface area contributed by atoms with Crippen LogP contribution in [0.25, 0.3) is 0 Å². The normalized spacial score (nSPS) is 10.1. The van der Waals surface area contributed by atoms with Gasteiger partial charge >= 0.3 is 5.97 Å². The van der Waals surface area contributed by atoms with Crippen molar-refractivity contribution < 1.29 is 19.4 Å². The number of ether oxygens (including phenoxy) is 2. The molecule has 5 heteroatoms. The fourth-order valence-electron chi connectivity index (χ4n) is 1.40. The van der Waals surface area contributed by atoms with Crippen LogP contribution in [-0.4, -0.2) is 18.2 Å². The lowest BCUT2D eigenvalue weighted by molar-refractivity contribution is 0.0702. The van der Waals surface area contributed by atoms with Crippen molar-refractivity contribution in [3.8, 4) is 11.5 Å². The highest BCUT2D eigenvalue weighted by Gasteiger charge is 2.07. The van der Waals surface area contributed by atoms with E-state index in [-0.39, 0.29) is 0 Å². The molecule has 0 spiro atoms. The minimum atomic E-state index is -0.907. The second kappa shape index (κ2) is 5.55. The van der Waals surface area contributed by atoms with Gasteiger partial charge in [0.2, 0.25) is 0 Å². The number of hydrogen-bond donors (Lipinski definition) is 1. The molecule has 0 saturated carbocycles. The van der Waals surface area contributed by atoms with E-state index in [4.69, 9.17) is 14.6 Å². The zero-order valence-corrected chi connectivity index (χ0v) is 10.6. The van der Waals surface area contributed by atoms with Gasteiger partial charge < -0.3 is 14.6 Å². The molecule has 0 amide bonds. The molecule has 1 aromatic carbocycles. The van der Waals surface area contributed by atoms with Gasteiger partial charge in [-0.25, -0.2) is 4.79 Å². The molecule has 1 heterocycles. The Balaban J connectivity index is 1.95. The molecule has 1 aromatic heterocycles. The molecule has 0 saturated heterocycles. The summed E-state index contributed by atoms with van der Waals surface area (Å²) in [4.78, 5) is 11.9. The first-order valence-corrected chi connectivity index (χ1v) is 6.09. The summed E-state index contributed by atoms with van der Waals surface area (Å²) in [6, 6.07) is 10.6. The third-order valence-electron chi connectivity index (χ3n) is 2.31. The van der Waals surface area contributed by atoms with E-state index in [9.17, 15) is 4.79 Å². The van der Waals surface area contributed by atoms with Crippen molar-refractivity contribution >= 4 is 17.3 Å². The van der Waals surface area contributed by atoms with E-state index in [1.54, 1.807) is 19.2 Å². The summed E-state index contributed by atoms with van der Waals surface area (Å²) >= 11 is 1.22. The molecular weight excluding hydrogens is 252 g/mol. The predicted octanol–water partition coefficient (Wildman–Crippen LogP) is 3.03. The van der Waals surface area contributed by atoms with Gasteiger partial charge in [-0.2, -0.15) is 0 Å². The average molecular weight is 264 g/mol. The molecule has 0 aliphatic heterocycles. The molecule has 2 aromatic rings. The minimum Gasteiger partial charge on any atom is -0.497 e. The van der Waals surface area contributed by atoms with E-state index >= 15 is 0 Å². The Morgan fingerprint density at radius 1 is 1.17 bits per heavy atom. The third-order valence-corrected chi connectivity index (χ3v) is 3.36. The van der Waals surface area contributed by atoms with Crippen LogP contribution in [-0.2, 0) is 6.61 Å². The second-order valence-corrected chi connectivity index (χ2v) is 4.70. The van der Waals surface area contributed by atoms with Crippen molar-refractivity contribution in [2.75, 3.05) is 7.11 Å². The number of hydrogen-bond acceptors (Lipinski definition) is 4. The number of methoxy groups -OCH3 is 1. The Hall–Kier alpha value is -2.01. The van der Waals surface area contributed by atoms with Crippen molar-refractivity contribution in [1.29, 1.82) is 0 Å². The van der Waals surface area contributed by atoms with Crippen molar-refractivity contribution in [2.24, 2.45) is 0 Å². The molecule has 94 valence electrons. The highest BCUT2D eigenvalue weighted by Crippen LogP contribution is 2.21. The smallest absolute Gasteiger partial charge is 0.345 e. The van der Waals surface area contributed by atoms with E-state index in [2.05, 4.69) is 0 Å². The Kier molecular flexibility index (Phi) is 3.84. The molecule has 2 rings (SSSR count). The van der Waals surface area contributed by atoms with Crippen LogP contribution in [0.15, 0.2) is 36.4 Å². The summed E-state index contributed by atoms with van der Waals surface area (Å²) in [5.41, 5.74) is 0. The lowest BCUT2D eigenvalue weighted by Crippen LogP contribution is -1.93. The third kappa shape index (κ3) is 3.01. The summed E-state index contributed by atoms with van der Waals surface area (Å²) in [7, 11) is 1.61. The second-order valence-electron chi connectivity index (χ2n) is 3.54. The first kappa shape index (κ1) is 12.4. The molecule has 0 radical (unpaired) electrons. The molecule has 0 unspecified atom stereocenters. The number of benzene rings is 1. The van der Waals surface area contributed by atoms with Gasteiger partial charge in [-0.05, 0) is 36.4 Å². The van der Waals surface area contributed by atoms with Gasteiger partial charge in [-0.3, -0.25) is 0 Å². The summed E-state index contributed by atoms with van der Waals surface area (Å²) in [6.07, 6.45) is 0. The van der Waals surface area contributed by atoms with Crippen LogP contribution < -0.4 is 9.47 Å². The van der Waals surface area contributed by atoms with E-state index in [0.717, 1.165) is 16.4 Å². The summed E-state index contributed by atoms with van der Waals surface area (Å²) in [5.74, 6) is 0.586. The van der Waals surface area contributed by atoms with Gasteiger partial charge in [0.1, 0.15) is 23.0 Å². The zero-order chi connectivity index (χ0) is 13.0. The molecule has 1 N–H and O–H groups in total. The van der Waals surface area contributed by atoms with Crippen molar-refractivity contribution in [1.82, 2.24) is 0 Å². The van der Waals surface area contributed by atoms with Crippen LogP contribution in [0.3, 0.4) is 0 Å². The fraction of sp³-hybridized carbons (Fsp3) is 0.154. The van der Waals surface area contributed by atoms with Crippen LogP contribution in [0.4, 0.5) is 0 Å². The van der Waals surface area contributed by atoms with Crippen molar-refractivity contribution in [3.05, 3.63) is 46.2 Å². The minimum absolute atomic E-state index is 0.323. The Morgan fingerprint density at radius 3 is 2.39 bits per heavy atom. The van der Waals surface area contributed by atoms with Crippen molar-refractivity contribution in [3.63, 3.8) is 0 Å². The van der Waals surface area contributed by atoms with Crippen LogP contribution >= 0.6 is 11.3 Å². The maximum absolute atomic E-state index is 10.7. The Morgan fingerprint density at radius 2 is 1.83 bits per heavy atom. The predicted molar refractivity (Wildman–Crippen MR) is 68.6 cm³/mol. The Bertz CT molecular complexity index is 530.